The first-order valence-corrected chi connectivity index (χ1v) is 11.8. The van der Waals surface area contributed by atoms with E-state index in [1.807, 2.05) is 12.1 Å². The van der Waals surface area contributed by atoms with Crippen LogP contribution in [0.25, 0.3) is 0 Å². The van der Waals surface area contributed by atoms with Crippen LogP contribution in [0.5, 0.6) is 0 Å². The molecule has 2 aromatic carbocycles. The second-order valence-electron chi connectivity index (χ2n) is 8.91. The normalized spacial score (nSPS) is 20.9. The van der Waals surface area contributed by atoms with Crippen molar-refractivity contribution in [3.63, 3.8) is 0 Å². The second-order valence-corrected chi connectivity index (χ2v) is 9.35. The number of piperidine rings is 1. The first kappa shape index (κ1) is 21.2. The summed E-state index contributed by atoms with van der Waals surface area (Å²) in [5, 5.41) is 0.795. The highest BCUT2D eigenvalue weighted by atomic mass is 35.5. The number of hydrogen-bond acceptors (Lipinski definition) is 1. The molecule has 0 aromatic heterocycles. The zero-order valence-corrected chi connectivity index (χ0v) is 18.7. The Bertz CT molecular complexity index is 891. The molecule has 2 aromatic rings. The third-order valence-electron chi connectivity index (χ3n) is 6.79. The molecule has 1 saturated heterocycles. The molecule has 2 nitrogen and oxygen atoms in total. The van der Waals surface area contributed by atoms with Crippen LogP contribution in [0.2, 0.25) is 5.02 Å². The molecule has 0 N–H and O–H groups in total. The van der Waals surface area contributed by atoms with Crippen LogP contribution < -0.4 is 0 Å². The Morgan fingerprint density at radius 1 is 1.03 bits per heavy atom. The van der Waals surface area contributed by atoms with E-state index in [1.165, 1.54) is 42.4 Å². The summed E-state index contributed by atoms with van der Waals surface area (Å²) >= 11 is 6.03. The molecule has 1 heterocycles. The van der Waals surface area contributed by atoms with E-state index in [4.69, 9.17) is 11.6 Å². The van der Waals surface area contributed by atoms with Crippen molar-refractivity contribution in [3.05, 3.63) is 81.9 Å². The van der Waals surface area contributed by atoms with Crippen LogP contribution in [0.1, 0.15) is 80.4 Å². The van der Waals surface area contributed by atoms with Gasteiger partial charge in [-0.3, -0.25) is 4.79 Å². The van der Waals surface area contributed by atoms with Crippen molar-refractivity contribution in [2.45, 2.75) is 70.3 Å². The van der Waals surface area contributed by atoms with Gasteiger partial charge < -0.3 is 4.90 Å². The number of likely N-dealkylation sites (tertiary alicyclic amines) is 1. The number of carbonyl (C=O) groups excluding carboxylic acids is 1. The van der Waals surface area contributed by atoms with Gasteiger partial charge in [0, 0.05) is 24.5 Å². The van der Waals surface area contributed by atoms with Gasteiger partial charge in [0.1, 0.15) is 0 Å². The van der Waals surface area contributed by atoms with Gasteiger partial charge in [-0.25, -0.2) is 0 Å². The molecule has 0 bridgehead atoms. The number of hydrogen-bond donors (Lipinski definition) is 0. The largest absolute Gasteiger partial charge is 0.338 e. The smallest absolute Gasteiger partial charge is 0.222 e. The molecular formula is C27H32ClNO. The molecule has 3 heteroatoms. The number of benzene rings is 2. The van der Waals surface area contributed by atoms with Crippen molar-refractivity contribution >= 4 is 17.5 Å². The van der Waals surface area contributed by atoms with E-state index in [0.717, 1.165) is 31.0 Å². The van der Waals surface area contributed by atoms with Gasteiger partial charge in [-0.05, 0) is 79.2 Å². The Labute approximate surface area is 185 Å². The lowest BCUT2D eigenvalue weighted by molar-refractivity contribution is -0.133. The SMILES string of the molecule is C[C@@H](C=C1CCC(c2ccccc2CN2CCCCC2=O)CC1)c1ccc(Cl)cc1. The van der Waals surface area contributed by atoms with Crippen LogP contribution in [0.4, 0.5) is 0 Å². The minimum absolute atomic E-state index is 0.320. The van der Waals surface area contributed by atoms with E-state index in [2.05, 4.69) is 54.3 Å². The minimum atomic E-state index is 0.320. The predicted octanol–water partition coefficient (Wildman–Crippen LogP) is 7.24. The first-order chi connectivity index (χ1) is 14.6. The fourth-order valence-corrected chi connectivity index (χ4v) is 5.12. The van der Waals surface area contributed by atoms with E-state index in [1.54, 1.807) is 5.57 Å². The zero-order chi connectivity index (χ0) is 20.9. The quantitative estimate of drug-likeness (QED) is 0.466. The molecule has 2 aliphatic rings. The Hall–Kier alpha value is -2.06. The molecule has 1 amide bonds. The highest BCUT2D eigenvalue weighted by molar-refractivity contribution is 6.30. The van der Waals surface area contributed by atoms with Gasteiger partial charge in [0.2, 0.25) is 5.91 Å². The van der Waals surface area contributed by atoms with E-state index in [9.17, 15) is 4.79 Å². The van der Waals surface area contributed by atoms with Gasteiger partial charge in [0.15, 0.2) is 0 Å². The summed E-state index contributed by atoms with van der Waals surface area (Å²) in [4.78, 5) is 14.3. The van der Waals surface area contributed by atoms with Gasteiger partial charge in [-0.2, -0.15) is 0 Å². The van der Waals surface area contributed by atoms with Crippen LogP contribution in [0, 0.1) is 0 Å². The maximum Gasteiger partial charge on any atom is 0.222 e. The van der Waals surface area contributed by atoms with Crippen molar-refractivity contribution in [2.75, 3.05) is 6.54 Å². The van der Waals surface area contributed by atoms with Crippen LogP contribution in [-0.2, 0) is 11.3 Å². The van der Waals surface area contributed by atoms with E-state index in [0.29, 0.717) is 24.2 Å². The van der Waals surface area contributed by atoms with E-state index in [-0.39, 0.29) is 0 Å². The maximum atomic E-state index is 12.3. The molecular weight excluding hydrogens is 390 g/mol. The Kier molecular flexibility index (Phi) is 6.94. The highest BCUT2D eigenvalue weighted by Gasteiger charge is 2.24. The summed E-state index contributed by atoms with van der Waals surface area (Å²) in [5.41, 5.74) is 5.71. The Morgan fingerprint density at radius 3 is 2.50 bits per heavy atom. The van der Waals surface area contributed by atoms with Crippen molar-refractivity contribution in [1.82, 2.24) is 4.90 Å². The number of allylic oxidation sites excluding steroid dienone is 2. The summed E-state index contributed by atoms with van der Waals surface area (Å²) in [5.74, 6) is 1.34. The van der Waals surface area contributed by atoms with Crippen LogP contribution in [0.3, 0.4) is 0 Å². The molecule has 30 heavy (non-hydrogen) atoms. The first-order valence-electron chi connectivity index (χ1n) is 11.4. The van der Waals surface area contributed by atoms with Crippen molar-refractivity contribution in [3.8, 4) is 0 Å². The number of halogens is 1. The second kappa shape index (κ2) is 9.83. The van der Waals surface area contributed by atoms with Crippen molar-refractivity contribution in [1.29, 1.82) is 0 Å². The van der Waals surface area contributed by atoms with Crippen LogP contribution >= 0.6 is 11.6 Å². The van der Waals surface area contributed by atoms with Crippen molar-refractivity contribution in [2.24, 2.45) is 0 Å². The summed E-state index contributed by atoms with van der Waals surface area (Å²) in [6.45, 7) is 3.96. The van der Waals surface area contributed by atoms with Gasteiger partial charge in [0.05, 0.1) is 0 Å². The highest BCUT2D eigenvalue weighted by Crippen LogP contribution is 2.38. The molecule has 158 valence electrons. The fourth-order valence-electron chi connectivity index (χ4n) is 4.99. The molecule has 0 unspecified atom stereocenters. The molecule has 1 aliphatic heterocycles. The predicted molar refractivity (Wildman–Crippen MR) is 125 cm³/mol. The zero-order valence-electron chi connectivity index (χ0n) is 17.9. The van der Waals surface area contributed by atoms with Crippen molar-refractivity contribution < 1.29 is 4.79 Å². The van der Waals surface area contributed by atoms with Gasteiger partial charge in [-0.1, -0.05) is 66.6 Å². The number of carbonyl (C=O) groups is 1. The molecule has 0 spiro atoms. The van der Waals surface area contributed by atoms with Gasteiger partial charge in [0.25, 0.3) is 0 Å². The van der Waals surface area contributed by atoms with Gasteiger partial charge >= 0.3 is 0 Å². The third-order valence-corrected chi connectivity index (χ3v) is 7.04. The summed E-state index contributed by atoms with van der Waals surface area (Å²) < 4.78 is 0. The van der Waals surface area contributed by atoms with Gasteiger partial charge in [-0.15, -0.1) is 0 Å². The topological polar surface area (TPSA) is 20.3 Å². The number of rotatable bonds is 5. The lowest BCUT2D eigenvalue weighted by Gasteiger charge is -2.30. The molecule has 1 saturated carbocycles. The Balaban J connectivity index is 1.40. The van der Waals surface area contributed by atoms with E-state index < -0.39 is 0 Å². The fraction of sp³-hybridized carbons (Fsp3) is 0.444. The van der Waals surface area contributed by atoms with E-state index >= 15 is 0 Å². The summed E-state index contributed by atoms with van der Waals surface area (Å²) in [6.07, 6.45) is 10.1. The average molecular weight is 422 g/mol. The molecule has 1 aliphatic carbocycles. The van der Waals surface area contributed by atoms with Crippen LogP contribution in [-0.4, -0.2) is 17.4 Å². The lowest BCUT2D eigenvalue weighted by Crippen LogP contribution is -2.35. The lowest BCUT2D eigenvalue weighted by atomic mass is 9.79. The standard InChI is InChI=1S/C27H32ClNO/c1-20(22-13-15-25(28)16-14-22)18-21-9-11-23(12-10-21)26-7-3-2-6-24(26)19-29-17-5-4-8-27(29)30/h2-3,6-7,13-16,18,20,23H,4-5,8-12,17,19H2,1H3/t20-,23?/m0/s1. The summed E-state index contributed by atoms with van der Waals surface area (Å²) in [7, 11) is 0. The third kappa shape index (κ3) is 5.16. The maximum absolute atomic E-state index is 12.3. The summed E-state index contributed by atoms with van der Waals surface area (Å²) in [6, 6.07) is 17.0. The number of amides is 1. The molecule has 0 radical (unpaired) electrons. The molecule has 2 fully saturated rings. The molecule has 4 rings (SSSR count). The number of nitrogens with zero attached hydrogens (tertiary/aromatic N) is 1. The minimum Gasteiger partial charge on any atom is -0.338 e. The molecule has 1 atom stereocenters. The van der Waals surface area contributed by atoms with Crippen LogP contribution in [0.15, 0.2) is 60.2 Å². The monoisotopic (exact) mass is 421 g/mol. The average Bonchev–Trinajstić information content (AvgIpc) is 2.77. The Morgan fingerprint density at radius 2 is 1.77 bits per heavy atom.